The van der Waals surface area contributed by atoms with Crippen LogP contribution >= 0.6 is 11.8 Å². The van der Waals surface area contributed by atoms with Crippen LogP contribution in [0.4, 0.5) is 5.69 Å². The normalized spacial score (nSPS) is 21.3. The lowest BCUT2D eigenvalue weighted by atomic mass is 9.91. The van der Waals surface area contributed by atoms with E-state index in [2.05, 4.69) is 5.32 Å². The van der Waals surface area contributed by atoms with Gasteiger partial charge in [-0.25, -0.2) is 0 Å². The van der Waals surface area contributed by atoms with E-state index in [1.54, 1.807) is 16.7 Å². The van der Waals surface area contributed by atoms with Crippen molar-refractivity contribution in [1.29, 1.82) is 0 Å². The van der Waals surface area contributed by atoms with Crippen LogP contribution in [0.15, 0.2) is 48.5 Å². The first kappa shape index (κ1) is 17.9. The Kier molecular flexibility index (Phi) is 5.07. The molecular formula is C21H22N2O3S. The van der Waals surface area contributed by atoms with Crippen molar-refractivity contribution in [1.82, 2.24) is 4.90 Å². The maximum Gasteiger partial charge on any atom is 0.248 e. The molecule has 1 fully saturated rings. The van der Waals surface area contributed by atoms with Crippen LogP contribution in [0.2, 0.25) is 0 Å². The topological polar surface area (TPSA) is 58.6 Å². The summed E-state index contributed by atoms with van der Waals surface area (Å²) in [6.07, 6.45) is 0.642. The van der Waals surface area contributed by atoms with Gasteiger partial charge in [0.1, 0.15) is 11.8 Å². The number of fused-ring (bicyclic) bond motifs is 1. The molecule has 4 rings (SSSR count). The average molecular weight is 382 g/mol. The standard InChI is InChI=1S/C21H22N2O3S/c1-14-5-4-6-15(11-14)22-20(24)18-12-27-13-23(18)21(25)17-9-10-26-19-8-3-2-7-16(17)19/h2-8,11,17-18H,9-10,12-13H2,1H3,(H,22,24)/t17-,18+/m0/s1. The third kappa shape index (κ3) is 3.67. The zero-order valence-electron chi connectivity index (χ0n) is 15.2. The molecular weight excluding hydrogens is 360 g/mol. The highest BCUT2D eigenvalue weighted by Gasteiger charge is 2.39. The van der Waals surface area contributed by atoms with Crippen LogP contribution in [-0.2, 0) is 9.59 Å². The molecule has 2 atom stereocenters. The Morgan fingerprint density at radius 3 is 2.89 bits per heavy atom. The Bertz CT molecular complexity index is 870. The number of nitrogens with zero attached hydrogens (tertiary/aromatic N) is 1. The number of hydrogen-bond donors (Lipinski definition) is 1. The Balaban J connectivity index is 1.51. The second-order valence-electron chi connectivity index (χ2n) is 6.91. The number of carbonyl (C=O) groups is 2. The molecule has 6 heteroatoms. The van der Waals surface area contributed by atoms with Crippen LogP contribution in [0.25, 0.3) is 0 Å². The Morgan fingerprint density at radius 1 is 1.19 bits per heavy atom. The number of para-hydroxylation sites is 1. The van der Waals surface area contributed by atoms with Crippen molar-refractivity contribution in [2.75, 3.05) is 23.6 Å². The highest BCUT2D eigenvalue weighted by atomic mass is 32.2. The van der Waals surface area contributed by atoms with Gasteiger partial charge in [0.05, 0.1) is 18.4 Å². The molecule has 140 valence electrons. The van der Waals surface area contributed by atoms with Crippen LogP contribution in [0.3, 0.4) is 0 Å². The van der Waals surface area contributed by atoms with Gasteiger partial charge in [-0.15, -0.1) is 11.8 Å². The van der Waals surface area contributed by atoms with E-state index in [0.717, 1.165) is 22.6 Å². The number of ether oxygens (including phenoxy) is 1. The second kappa shape index (κ2) is 7.64. The molecule has 0 aliphatic carbocycles. The first-order chi connectivity index (χ1) is 13.1. The van der Waals surface area contributed by atoms with Crippen LogP contribution < -0.4 is 10.1 Å². The van der Waals surface area contributed by atoms with Gasteiger partial charge >= 0.3 is 0 Å². The molecule has 2 aromatic carbocycles. The second-order valence-corrected chi connectivity index (χ2v) is 7.91. The largest absolute Gasteiger partial charge is 0.493 e. The number of nitrogens with one attached hydrogen (secondary N) is 1. The third-order valence-electron chi connectivity index (χ3n) is 5.01. The number of amides is 2. The maximum absolute atomic E-state index is 13.3. The zero-order chi connectivity index (χ0) is 18.8. The summed E-state index contributed by atoms with van der Waals surface area (Å²) in [6.45, 7) is 2.51. The number of rotatable bonds is 3. The highest BCUT2D eigenvalue weighted by Crippen LogP contribution is 2.36. The summed E-state index contributed by atoms with van der Waals surface area (Å²) < 4.78 is 5.68. The lowest BCUT2D eigenvalue weighted by Gasteiger charge is -2.31. The average Bonchev–Trinajstić information content (AvgIpc) is 3.17. The molecule has 0 aromatic heterocycles. The predicted octanol–water partition coefficient (Wildman–Crippen LogP) is 3.40. The number of hydrogen-bond acceptors (Lipinski definition) is 4. The van der Waals surface area contributed by atoms with E-state index < -0.39 is 6.04 Å². The molecule has 0 radical (unpaired) electrons. The molecule has 27 heavy (non-hydrogen) atoms. The first-order valence-electron chi connectivity index (χ1n) is 9.11. The fourth-order valence-electron chi connectivity index (χ4n) is 3.62. The van der Waals surface area contributed by atoms with Gasteiger partial charge in [0.2, 0.25) is 11.8 Å². The lowest BCUT2D eigenvalue weighted by molar-refractivity contribution is -0.138. The molecule has 0 saturated carbocycles. The molecule has 0 unspecified atom stereocenters. The molecule has 2 aromatic rings. The quantitative estimate of drug-likeness (QED) is 0.884. The molecule has 1 saturated heterocycles. The van der Waals surface area contributed by atoms with Crippen LogP contribution in [0.5, 0.6) is 5.75 Å². The Hall–Kier alpha value is -2.47. The van der Waals surface area contributed by atoms with Gasteiger partial charge in [-0.1, -0.05) is 30.3 Å². The summed E-state index contributed by atoms with van der Waals surface area (Å²) in [5.41, 5.74) is 2.77. The molecule has 5 nitrogen and oxygen atoms in total. The number of thioether (sulfide) groups is 1. The molecule has 2 aliphatic heterocycles. The number of benzene rings is 2. The van der Waals surface area contributed by atoms with E-state index in [0.29, 0.717) is 24.7 Å². The number of anilines is 1. The minimum absolute atomic E-state index is 0.0140. The molecule has 2 heterocycles. The van der Waals surface area contributed by atoms with Crippen molar-refractivity contribution in [3.8, 4) is 5.75 Å². The number of carbonyl (C=O) groups excluding carboxylic acids is 2. The van der Waals surface area contributed by atoms with Gasteiger partial charge in [0.25, 0.3) is 0 Å². The SMILES string of the molecule is Cc1cccc(NC(=O)[C@H]2CSCN2C(=O)[C@H]2CCOc3ccccc32)c1. The fraction of sp³-hybridized carbons (Fsp3) is 0.333. The van der Waals surface area contributed by atoms with Gasteiger partial charge in [0, 0.05) is 17.0 Å². The van der Waals surface area contributed by atoms with Crippen LogP contribution in [-0.4, -0.2) is 41.0 Å². The van der Waals surface area contributed by atoms with E-state index in [1.807, 2.05) is 55.5 Å². The summed E-state index contributed by atoms with van der Waals surface area (Å²) in [7, 11) is 0. The van der Waals surface area contributed by atoms with Crippen LogP contribution in [0.1, 0.15) is 23.5 Å². The van der Waals surface area contributed by atoms with Crippen molar-refractivity contribution in [3.63, 3.8) is 0 Å². The molecule has 2 amide bonds. The zero-order valence-corrected chi connectivity index (χ0v) is 16.0. The summed E-state index contributed by atoms with van der Waals surface area (Å²) in [6, 6.07) is 14.9. The highest BCUT2D eigenvalue weighted by molar-refractivity contribution is 7.99. The summed E-state index contributed by atoms with van der Waals surface area (Å²) in [4.78, 5) is 27.8. The lowest BCUT2D eigenvalue weighted by Crippen LogP contribution is -2.46. The van der Waals surface area contributed by atoms with Gasteiger partial charge in [-0.2, -0.15) is 0 Å². The van der Waals surface area contributed by atoms with Gasteiger partial charge < -0.3 is 15.0 Å². The van der Waals surface area contributed by atoms with Gasteiger partial charge in [0.15, 0.2) is 0 Å². The minimum Gasteiger partial charge on any atom is -0.493 e. The molecule has 1 N–H and O–H groups in total. The summed E-state index contributed by atoms with van der Waals surface area (Å²) in [5.74, 6) is 1.58. The van der Waals surface area contributed by atoms with E-state index >= 15 is 0 Å². The molecule has 2 aliphatic rings. The monoisotopic (exact) mass is 382 g/mol. The van der Waals surface area contributed by atoms with E-state index in [1.165, 1.54) is 0 Å². The van der Waals surface area contributed by atoms with Crippen molar-refractivity contribution in [2.45, 2.75) is 25.3 Å². The maximum atomic E-state index is 13.3. The van der Waals surface area contributed by atoms with E-state index in [9.17, 15) is 9.59 Å². The molecule has 0 bridgehead atoms. The van der Waals surface area contributed by atoms with Gasteiger partial charge in [-0.3, -0.25) is 9.59 Å². The fourth-order valence-corrected chi connectivity index (χ4v) is 4.79. The smallest absolute Gasteiger partial charge is 0.248 e. The van der Waals surface area contributed by atoms with Gasteiger partial charge in [-0.05, 0) is 37.1 Å². The van der Waals surface area contributed by atoms with E-state index in [-0.39, 0.29) is 17.7 Å². The summed E-state index contributed by atoms with van der Waals surface area (Å²) in [5, 5.41) is 2.96. The first-order valence-corrected chi connectivity index (χ1v) is 10.3. The van der Waals surface area contributed by atoms with Crippen molar-refractivity contribution >= 4 is 29.3 Å². The van der Waals surface area contributed by atoms with Crippen molar-refractivity contribution in [2.24, 2.45) is 0 Å². The van der Waals surface area contributed by atoms with Crippen molar-refractivity contribution < 1.29 is 14.3 Å². The minimum atomic E-state index is -0.446. The van der Waals surface area contributed by atoms with E-state index in [4.69, 9.17) is 4.74 Å². The molecule has 0 spiro atoms. The summed E-state index contributed by atoms with van der Waals surface area (Å²) >= 11 is 1.62. The Morgan fingerprint density at radius 2 is 2.04 bits per heavy atom. The number of aryl methyl sites for hydroxylation is 1. The van der Waals surface area contributed by atoms with Crippen LogP contribution in [0, 0.1) is 6.92 Å². The Labute approximate surface area is 163 Å². The third-order valence-corrected chi connectivity index (χ3v) is 6.02. The predicted molar refractivity (Wildman–Crippen MR) is 107 cm³/mol. The van der Waals surface area contributed by atoms with Crippen molar-refractivity contribution in [3.05, 3.63) is 59.7 Å².